The second-order valence-corrected chi connectivity index (χ2v) is 4.59. The molecule has 0 saturated carbocycles. The lowest BCUT2D eigenvalue weighted by Crippen LogP contribution is -2.17. The first-order chi connectivity index (χ1) is 7.69. The highest BCUT2D eigenvalue weighted by Gasteiger charge is 2.31. The van der Waals surface area contributed by atoms with Gasteiger partial charge in [-0.2, -0.15) is 0 Å². The summed E-state index contributed by atoms with van der Waals surface area (Å²) < 4.78 is 39.8. The first kappa shape index (κ1) is 14.3. The van der Waals surface area contributed by atoms with E-state index in [2.05, 4.69) is 20.7 Å². The topological polar surface area (TPSA) is 26.3 Å². The Morgan fingerprint density at radius 1 is 1.41 bits per heavy atom. The zero-order valence-corrected chi connectivity index (χ0v) is 10.9. The highest BCUT2D eigenvalue weighted by molar-refractivity contribution is 9.09. The maximum absolute atomic E-state index is 12.0. The molecule has 0 aromatic heterocycles. The van der Waals surface area contributed by atoms with Crippen LogP contribution in [0.2, 0.25) is 5.02 Å². The lowest BCUT2D eigenvalue weighted by Gasteiger charge is -2.12. The number of hydrogen-bond donors (Lipinski definition) is 0. The second kappa shape index (κ2) is 5.27. The average molecular weight is 332 g/mol. The number of ether oxygens (including phenoxy) is 1. The van der Waals surface area contributed by atoms with E-state index in [9.17, 15) is 18.0 Å². The molecule has 0 N–H and O–H groups in total. The molecule has 1 rings (SSSR count). The summed E-state index contributed by atoms with van der Waals surface area (Å²) in [6.45, 7) is 1.31. The van der Waals surface area contributed by atoms with E-state index in [0.717, 1.165) is 12.1 Å². The van der Waals surface area contributed by atoms with E-state index in [-0.39, 0.29) is 10.8 Å². The van der Waals surface area contributed by atoms with Crippen LogP contribution in [0.4, 0.5) is 13.2 Å². The van der Waals surface area contributed by atoms with Crippen LogP contribution in [0.3, 0.4) is 0 Å². The minimum Gasteiger partial charge on any atom is -0.406 e. The molecule has 7 heteroatoms. The lowest BCUT2D eigenvalue weighted by atomic mass is 10.1. The number of benzene rings is 1. The van der Waals surface area contributed by atoms with Crippen LogP contribution < -0.4 is 4.74 Å². The summed E-state index contributed by atoms with van der Waals surface area (Å²) in [5, 5.41) is 0.0625. The zero-order valence-electron chi connectivity index (χ0n) is 8.52. The molecule has 0 saturated heterocycles. The molecule has 94 valence electrons. The maximum Gasteiger partial charge on any atom is 0.573 e. The SMILES string of the molecule is CC(=O)C(Br)c1cc(Cl)cc(OC(F)(F)F)c1. The average Bonchev–Trinajstić information content (AvgIpc) is 2.12. The van der Waals surface area contributed by atoms with Crippen LogP contribution >= 0.6 is 27.5 Å². The van der Waals surface area contributed by atoms with Crippen molar-refractivity contribution in [3.8, 4) is 5.75 Å². The van der Waals surface area contributed by atoms with Crippen molar-refractivity contribution in [2.24, 2.45) is 0 Å². The van der Waals surface area contributed by atoms with E-state index in [1.807, 2.05) is 0 Å². The van der Waals surface area contributed by atoms with E-state index >= 15 is 0 Å². The Hall–Kier alpha value is -0.750. The monoisotopic (exact) mass is 330 g/mol. The Morgan fingerprint density at radius 3 is 2.47 bits per heavy atom. The lowest BCUT2D eigenvalue weighted by molar-refractivity contribution is -0.274. The van der Waals surface area contributed by atoms with Gasteiger partial charge in [-0.05, 0) is 30.7 Å². The van der Waals surface area contributed by atoms with Crippen LogP contribution in [0, 0.1) is 0 Å². The van der Waals surface area contributed by atoms with Gasteiger partial charge >= 0.3 is 6.36 Å². The fourth-order valence-electron chi connectivity index (χ4n) is 1.16. The number of halogens is 5. The molecule has 0 radical (unpaired) electrons. The molecule has 17 heavy (non-hydrogen) atoms. The first-order valence-electron chi connectivity index (χ1n) is 4.40. The van der Waals surface area contributed by atoms with E-state index in [1.54, 1.807) is 0 Å². The van der Waals surface area contributed by atoms with Crippen molar-refractivity contribution in [3.05, 3.63) is 28.8 Å². The Balaban J connectivity index is 3.06. The zero-order chi connectivity index (χ0) is 13.2. The third-order valence-electron chi connectivity index (χ3n) is 1.78. The molecule has 0 fully saturated rings. The van der Waals surface area contributed by atoms with E-state index in [0.29, 0.717) is 5.56 Å². The Kier molecular flexibility index (Phi) is 4.43. The number of alkyl halides is 4. The quantitative estimate of drug-likeness (QED) is 0.774. The van der Waals surface area contributed by atoms with Gasteiger partial charge in [-0.15, -0.1) is 13.2 Å². The Labute approximate surface area is 109 Å². The molecule has 0 bridgehead atoms. The number of carbonyl (C=O) groups is 1. The standard InChI is InChI=1S/C10H7BrClF3O2/c1-5(16)9(11)6-2-7(12)4-8(3-6)17-10(13,14)15/h2-4,9H,1H3. The molecule has 0 spiro atoms. The van der Waals surface area contributed by atoms with Gasteiger partial charge in [-0.3, -0.25) is 4.79 Å². The molecule has 1 atom stereocenters. The predicted molar refractivity (Wildman–Crippen MR) is 60.5 cm³/mol. The molecule has 0 amide bonds. The van der Waals surface area contributed by atoms with Crippen LogP contribution in [0.15, 0.2) is 18.2 Å². The molecule has 0 aliphatic heterocycles. The number of carbonyl (C=O) groups excluding carboxylic acids is 1. The first-order valence-corrected chi connectivity index (χ1v) is 5.69. The molecule has 0 aliphatic carbocycles. The van der Waals surface area contributed by atoms with Crippen molar-refractivity contribution in [3.63, 3.8) is 0 Å². The molecule has 0 aliphatic rings. The number of rotatable bonds is 3. The van der Waals surface area contributed by atoms with Gasteiger partial charge in [0.15, 0.2) is 0 Å². The van der Waals surface area contributed by atoms with Crippen LogP contribution in [-0.4, -0.2) is 12.1 Å². The van der Waals surface area contributed by atoms with Crippen molar-refractivity contribution in [1.29, 1.82) is 0 Å². The maximum atomic E-state index is 12.0. The molecular weight excluding hydrogens is 324 g/mol. The van der Waals surface area contributed by atoms with Gasteiger partial charge in [0.2, 0.25) is 0 Å². The van der Waals surface area contributed by atoms with Crippen LogP contribution in [0.25, 0.3) is 0 Å². The largest absolute Gasteiger partial charge is 0.573 e. The third kappa shape index (κ3) is 4.55. The summed E-state index contributed by atoms with van der Waals surface area (Å²) in [7, 11) is 0. The number of hydrogen-bond acceptors (Lipinski definition) is 2. The van der Waals surface area contributed by atoms with Crippen molar-refractivity contribution in [1.82, 2.24) is 0 Å². The van der Waals surface area contributed by atoms with Crippen molar-refractivity contribution in [2.75, 3.05) is 0 Å². The highest BCUT2D eigenvalue weighted by atomic mass is 79.9. The minimum absolute atomic E-state index is 0.0625. The number of Topliss-reactive ketones (excluding diaryl/α,β-unsaturated/α-hetero) is 1. The van der Waals surface area contributed by atoms with Crippen LogP contribution in [0.1, 0.15) is 17.3 Å². The van der Waals surface area contributed by atoms with E-state index < -0.39 is 16.9 Å². The van der Waals surface area contributed by atoms with Crippen LogP contribution in [-0.2, 0) is 4.79 Å². The summed E-state index contributed by atoms with van der Waals surface area (Å²) in [4.78, 5) is 10.4. The van der Waals surface area contributed by atoms with Crippen molar-refractivity contribution < 1.29 is 22.7 Å². The second-order valence-electron chi connectivity index (χ2n) is 3.24. The van der Waals surface area contributed by atoms with Crippen LogP contribution in [0.5, 0.6) is 5.75 Å². The van der Waals surface area contributed by atoms with E-state index in [1.165, 1.54) is 13.0 Å². The Bertz CT molecular complexity index is 434. The summed E-state index contributed by atoms with van der Waals surface area (Å²) in [5.74, 6) is -0.698. The minimum atomic E-state index is -4.79. The third-order valence-corrected chi connectivity index (χ3v) is 3.17. The van der Waals surface area contributed by atoms with Crippen molar-refractivity contribution in [2.45, 2.75) is 18.1 Å². The summed E-state index contributed by atoms with van der Waals surface area (Å²) in [6, 6.07) is 3.53. The number of ketones is 1. The van der Waals surface area contributed by atoms with E-state index in [4.69, 9.17) is 11.6 Å². The predicted octanol–water partition coefficient (Wildman–Crippen LogP) is 4.26. The van der Waals surface area contributed by atoms with Crippen molar-refractivity contribution >= 4 is 33.3 Å². The van der Waals surface area contributed by atoms with Gasteiger partial charge in [-0.1, -0.05) is 27.5 Å². The fourth-order valence-corrected chi connectivity index (χ4v) is 1.66. The fraction of sp³-hybridized carbons (Fsp3) is 0.300. The molecule has 1 aromatic carbocycles. The highest BCUT2D eigenvalue weighted by Crippen LogP contribution is 2.32. The summed E-state index contributed by atoms with van der Waals surface area (Å²) >= 11 is 8.70. The Morgan fingerprint density at radius 2 is 2.00 bits per heavy atom. The molecule has 1 unspecified atom stereocenters. The normalized spacial score (nSPS) is 13.3. The summed E-state index contributed by atoms with van der Waals surface area (Å²) in [6.07, 6.45) is -4.79. The molecule has 0 heterocycles. The van der Waals surface area contributed by atoms with Gasteiger partial charge in [-0.25, -0.2) is 0 Å². The molecular formula is C10H7BrClF3O2. The smallest absolute Gasteiger partial charge is 0.406 e. The van der Waals surface area contributed by atoms with Gasteiger partial charge in [0.05, 0.1) is 4.83 Å². The van der Waals surface area contributed by atoms with Gasteiger partial charge < -0.3 is 4.74 Å². The summed E-state index contributed by atoms with van der Waals surface area (Å²) in [5.41, 5.74) is 0.309. The van der Waals surface area contributed by atoms with Gasteiger partial charge in [0.1, 0.15) is 11.5 Å². The van der Waals surface area contributed by atoms with Gasteiger partial charge in [0, 0.05) is 5.02 Å². The van der Waals surface area contributed by atoms with Gasteiger partial charge in [0.25, 0.3) is 0 Å². The molecule has 2 nitrogen and oxygen atoms in total. The molecule has 1 aromatic rings.